The van der Waals surface area contributed by atoms with Gasteiger partial charge >= 0.3 is 0 Å². The number of fused-ring (bicyclic) bond motifs is 7. The summed E-state index contributed by atoms with van der Waals surface area (Å²) in [6.07, 6.45) is 6.53. The van der Waals surface area contributed by atoms with Crippen molar-refractivity contribution in [2.45, 2.75) is 72.6 Å². The summed E-state index contributed by atoms with van der Waals surface area (Å²) < 4.78 is 60.4. The molecule has 4 heterocycles. The van der Waals surface area contributed by atoms with Gasteiger partial charge in [0.1, 0.15) is 5.82 Å². The van der Waals surface area contributed by atoms with Gasteiger partial charge in [-0.1, -0.05) is 212 Å². The van der Waals surface area contributed by atoms with Crippen LogP contribution in [0, 0.1) is 24.4 Å². The Morgan fingerprint density at radius 3 is 1.84 bits per heavy atom. The molecule has 0 N–H and O–H groups in total. The largest absolute Gasteiger partial charge is 0.510 e. The summed E-state index contributed by atoms with van der Waals surface area (Å²) in [5, 5.41) is 4.35. The average Bonchev–Trinajstić information content (AvgIpc) is 2.63. The van der Waals surface area contributed by atoms with Gasteiger partial charge in [0.05, 0.1) is 34.6 Å². The fraction of sp³-hybridized carbons (Fsp3) is 0.167. The maximum absolute atomic E-state index is 9.32. The zero-order valence-electron chi connectivity index (χ0n) is 50.5. The molecule has 0 amide bonds. The van der Waals surface area contributed by atoms with E-state index < -0.39 is 18.1 Å². The Bertz CT molecular complexity index is 4660. The van der Waals surface area contributed by atoms with Crippen LogP contribution in [0.1, 0.15) is 78.9 Å². The van der Waals surface area contributed by atoms with Gasteiger partial charge in [0.2, 0.25) is 0 Å². The van der Waals surface area contributed by atoms with Crippen LogP contribution in [0.2, 0.25) is 0 Å². The predicted molar refractivity (Wildman–Crippen MR) is 321 cm³/mol. The molecule has 6 nitrogen and oxygen atoms in total. The molecule has 79 heavy (non-hydrogen) atoms. The van der Waals surface area contributed by atoms with Gasteiger partial charge in [0.25, 0.3) is 6.33 Å². The molecule has 0 fully saturated rings. The number of hydrogen-bond acceptors (Lipinski definition) is 2. The number of nitrogens with zero attached hydrogens (tertiary/aromatic N) is 5. The van der Waals surface area contributed by atoms with Gasteiger partial charge in [-0.15, -0.1) is 24.3 Å². The SMILES string of the molecule is [2H]c1c([2H])c([2H])c(-c2cccc(-c3cc(C(C)(C)C)cc(C(C)(C)C)c3)c2-[n+]2[c-]n(-c3[c-]c(Oc4[c-]c5c(c(-n6c7ccccc7c7ccccc76)c4)c4ccccc4n5-c4cc(CC(C)C)ccn4)ccc3)c3ccccc32)c([2H])c1[2H].[Pt]. The van der Waals surface area contributed by atoms with Crippen molar-refractivity contribution in [2.24, 2.45) is 5.92 Å². The molecule has 0 saturated carbocycles. The summed E-state index contributed by atoms with van der Waals surface area (Å²) in [6.45, 7) is 17.7. The number of pyridine rings is 1. The number of para-hydroxylation sites is 6. The standard InChI is InChI=1S/C72H61N5O.Pt/c1-47(2)38-48-36-37-73-68(39-48)77-63-33-17-14-28-60(63)69-66(76-61-31-15-12-26-58(61)59-27-13-16-32-62(59)76)44-55(45-67(69)77)78-54-25-20-24-53(43-54)74-46-75(65-35-19-18-34-64(65)74)70-56(49-22-10-9-11-23-49)29-21-30-57(70)50-40-51(71(3,4)5)42-52(41-50)72(6,7)8;/h9-37,39-42,44,47H,38H2,1-8H3;/q-2;/i9D,10D,11D,22D,23D;. The summed E-state index contributed by atoms with van der Waals surface area (Å²) in [7, 11) is 0. The Morgan fingerprint density at radius 2 is 1.18 bits per heavy atom. The van der Waals surface area contributed by atoms with Crippen molar-refractivity contribution in [1.29, 1.82) is 0 Å². The van der Waals surface area contributed by atoms with Crippen LogP contribution in [0.4, 0.5) is 0 Å². The van der Waals surface area contributed by atoms with Crippen LogP contribution in [0.5, 0.6) is 11.5 Å². The Morgan fingerprint density at radius 1 is 0.582 bits per heavy atom. The molecule has 0 aliphatic rings. The van der Waals surface area contributed by atoms with Crippen LogP contribution in [-0.2, 0) is 38.3 Å². The molecule has 0 spiro atoms. The molecule has 392 valence electrons. The summed E-state index contributed by atoms with van der Waals surface area (Å²) in [5.74, 6) is 2.17. The van der Waals surface area contributed by atoms with Gasteiger partial charge in [-0.2, -0.15) is 12.1 Å². The van der Waals surface area contributed by atoms with E-state index in [0.717, 1.165) is 94.8 Å². The quantitative estimate of drug-likeness (QED) is 0.101. The van der Waals surface area contributed by atoms with Gasteiger partial charge in [0.15, 0.2) is 0 Å². The Kier molecular flexibility index (Phi) is 11.7. The number of rotatable bonds is 10. The average molecular weight is 1210 g/mol. The van der Waals surface area contributed by atoms with E-state index >= 15 is 0 Å². The van der Waals surface area contributed by atoms with Crippen molar-refractivity contribution in [2.75, 3.05) is 0 Å². The van der Waals surface area contributed by atoms with Crippen molar-refractivity contribution in [1.82, 2.24) is 18.7 Å². The van der Waals surface area contributed by atoms with Crippen molar-refractivity contribution < 1.29 is 37.2 Å². The molecule has 9 aromatic carbocycles. The second-order valence-corrected chi connectivity index (χ2v) is 22.8. The van der Waals surface area contributed by atoms with Crippen LogP contribution >= 0.6 is 0 Å². The van der Waals surface area contributed by atoms with Crippen LogP contribution in [-0.4, -0.2) is 18.7 Å². The molecule has 0 saturated heterocycles. The minimum absolute atomic E-state index is 0. The number of benzene rings is 9. The number of ether oxygens (including phenoxy) is 1. The maximum atomic E-state index is 9.32. The van der Waals surface area contributed by atoms with E-state index in [-0.39, 0.29) is 49.5 Å². The second-order valence-electron chi connectivity index (χ2n) is 22.8. The molecule has 0 bridgehead atoms. The van der Waals surface area contributed by atoms with E-state index in [4.69, 9.17) is 13.8 Å². The van der Waals surface area contributed by atoms with E-state index in [1.807, 2.05) is 69.9 Å². The van der Waals surface area contributed by atoms with Gasteiger partial charge in [0, 0.05) is 55.1 Å². The molecule has 7 heteroatoms. The Balaban J connectivity index is 0.00000694. The number of hydrogen-bond donors (Lipinski definition) is 0. The summed E-state index contributed by atoms with van der Waals surface area (Å²) in [4.78, 5) is 5.02. The second kappa shape index (κ2) is 20.2. The third kappa shape index (κ3) is 9.26. The molecule has 4 aromatic heterocycles. The van der Waals surface area contributed by atoms with Gasteiger partial charge in [-0.3, -0.25) is 4.57 Å². The summed E-state index contributed by atoms with van der Waals surface area (Å²) in [6, 6.07) is 63.8. The van der Waals surface area contributed by atoms with Crippen molar-refractivity contribution in [3.63, 3.8) is 0 Å². The Labute approximate surface area is 484 Å². The normalized spacial score (nSPS) is 13.0. The molecule has 0 aliphatic carbocycles. The molecular formula is C72H61N5OPt-2. The van der Waals surface area contributed by atoms with Crippen LogP contribution in [0.15, 0.2) is 206 Å². The van der Waals surface area contributed by atoms with Crippen molar-refractivity contribution in [3.05, 3.63) is 241 Å². The van der Waals surface area contributed by atoms with Crippen LogP contribution in [0.25, 0.3) is 99.8 Å². The first-order chi connectivity index (χ1) is 39.8. The Hall–Kier alpha value is -8.31. The fourth-order valence-electron chi connectivity index (χ4n) is 11.2. The first kappa shape index (κ1) is 45.7. The molecule has 0 atom stereocenters. The molecule has 0 radical (unpaired) electrons. The maximum Gasteiger partial charge on any atom is 0.268 e. The van der Waals surface area contributed by atoms with Gasteiger partial charge in [-0.25, -0.2) is 4.98 Å². The monoisotopic (exact) mass is 1210 g/mol. The third-order valence-corrected chi connectivity index (χ3v) is 14.9. The van der Waals surface area contributed by atoms with Gasteiger partial charge in [-0.05, 0) is 109 Å². The summed E-state index contributed by atoms with van der Waals surface area (Å²) >= 11 is 0. The van der Waals surface area contributed by atoms with Crippen LogP contribution in [0.3, 0.4) is 0 Å². The molecular weight excluding hydrogens is 1150 g/mol. The van der Waals surface area contributed by atoms with Crippen molar-refractivity contribution >= 4 is 54.6 Å². The van der Waals surface area contributed by atoms with E-state index in [9.17, 15) is 2.74 Å². The molecule has 0 aliphatic heterocycles. The fourth-order valence-corrected chi connectivity index (χ4v) is 11.2. The van der Waals surface area contributed by atoms with Gasteiger partial charge < -0.3 is 18.4 Å². The summed E-state index contributed by atoms with van der Waals surface area (Å²) in [5.41, 5.74) is 13.0. The molecule has 0 unspecified atom stereocenters. The number of imidazole rings is 1. The van der Waals surface area contributed by atoms with E-state index in [0.29, 0.717) is 34.4 Å². The zero-order chi connectivity index (χ0) is 57.8. The zero-order valence-corrected chi connectivity index (χ0v) is 47.8. The topological polar surface area (TPSA) is 40.8 Å². The first-order valence-corrected chi connectivity index (χ1v) is 26.8. The smallest absolute Gasteiger partial charge is 0.268 e. The van der Waals surface area contributed by atoms with E-state index in [1.165, 1.54) is 5.56 Å². The number of aromatic nitrogens is 5. The van der Waals surface area contributed by atoms with E-state index in [2.05, 4.69) is 198 Å². The first-order valence-electron chi connectivity index (χ1n) is 29.3. The van der Waals surface area contributed by atoms with Crippen LogP contribution < -0.4 is 9.30 Å². The van der Waals surface area contributed by atoms with Crippen molar-refractivity contribution in [3.8, 4) is 56.6 Å². The third-order valence-electron chi connectivity index (χ3n) is 14.9. The predicted octanol–water partition coefficient (Wildman–Crippen LogP) is 17.8. The minimum atomic E-state index is -0.450. The van der Waals surface area contributed by atoms with E-state index in [1.54, 1.807) is 0 Å². The molecule has 13 rings (SSSR count). The minimum Gasteiger partial charge on any atom is -0.510 e. The molecule has 13 aromatic rings.